The van der Waals surface area contributed by atoms with Gasteiger partial charge >= 0.3 is 0 Å². The highest BCUT2D eigenvalue weighted by Crippen LogP contribution is 2.28. The first-order valence-corrected chi connectivity index (χ1v) is 9.53. The summed E-state index contributed by atoms with van der Waals surface area (Å²) in [5.41, 5.74) is 0.764. The van der Waals surface area contributed by atoms with Crippen LogP contribution < -0.4 is 31.3 Å². The lowest BCUT2D eigenvalue weighted by Gasteiger charge is -2.13. The number of likely N-dealkylation sites (N-methyl/N-ethyl adjacent to an activating group) is 1. The van der Waals surface area contributed by atoms with Gasteiger partial charge < -0.3 is 24.3 Å². The quantitative estimate of drug-likeness (QED) is 0.601. The predicted molar refractivity (Wildman–Crippen MR) is 118 cm³/mol. The Labute approximate surface area is 173 Å². The SMILES string of the molecule is COc1cc(/C=c2\[nH]c(=O)/c(=C/c3ccccc3)[nH]c2=O)ccc1OCCN(C)C. The largest absolute Gasteiger partial charge is 0.493 e. The number of aromatic amines is 2. The molecule has 0 aliphatic carbocycles. The maximum absolute atomic E-state index is 12.5. The molecule has 7 heteroatoms. The van der Waals surface area contributed by atoms with E-state index in [0.717, 1.165) is 12.1 Å². The highest BCUT2D eigenvalue weighted by atomic mass is 16.5. The van der Waals surface area contributed by atoms with Crippen LogP contribution in [0.4, 0.5) is 0 Å². The van der Waals surface area contributed by atoms with Gasteiger partial charge in [0.25, 0.3) is 11.1 Å². The van der Waals surface area contributed by atoms with Gasteiger partial charge in [-0.2, -0.15) is 0 Å². The molecular weight excluding hydrogens is 382 g/mol. The average molecular weight is 407 g/mol. The van der Waals surface area contributed by atoms with Crippen molar-refractivity contribution in [2.45, 2.75) is 0 Å². The van der Waals surface area contributed by atoms with E-state index >= 15 is 0 Å². The normalized spacial score (nSPS) is 12.4. The number of methoxy groups -OCH3 is 1. The Morgan fingerprint density at radius 1 is 0.867 bits per heavy atom. The van der Waals surface area contributed by atoms with E-state index in [-0.39, 0.29) is 21.8 Å². The van der Waals surface area contributed by atoms with E-state index in [4.69, 9.17) is 9.47 Å². The van der Waals surface area contributed by atoms with Crippen LogP contribution in [-0.4, -0.2) is 49.2 Å². The Morgan fingerprint density at radius 3 is 2.10 bits per heavy atom. The number of aromatic nitrogens is 2. The Morgan fingerprint density at radius 2 is 1.50 bits per heavy atom. The Bertz CT molecular complexity index is 1230. The fraction of sp³-hybridized carbons (Fsp3) is 0.217. The van der Waals surface area contributed by atoms with Gasteiger partial charge in [0.15, 0.2) is 11.5 Å². The van der Waals surface area contributed by atoms with E-state index in [0.29, 0.717) is 23.7 Å². The fourth-order valence-electron chi connectivity index (χ4n) is 2.81. The highest BCUT2D eigenvalue weighted by Gasteiger charge is 2.06. The van der Waals surface area contributed by atoms with Crippen LogP contribution in [-0.2, 0) is 0 Å². The number of nitrogens with zero attached hydrogens (tertiary/aromatic N) is 1. The molecule has 7 nitrogen and oxygen atoms in total. The highest BCUT2D eigenvalue weighted by molar-refractivity contribution is 5.55. The van der Waals surface area contributed by atoms with Crippen LogP contribution in [0.1, 0.15) is 11.1 Å². The number of ether oxygens (including phenoxy) is 2. The molecule has 30 heavy (non-hydrogen) atoms. The van der Waals surface area contributed by atoms with Crippen molar-refractivity contribution in [3.8, 4) is 11.5 Å². The van der Waals surface area contributed by atoms with Gasteiger partial charge in [0.1, 0.15) is 17.3 Å². The van der Waals surface area contributed by atoms with Crippen molar-refractivity contribution in [2.75, 3.05) is 34.4 Å². The molecule has 0 amide bonds. The van der Waals surface area contributed by atoms with Gasteiger partial charge in [-0.3, -0.25) is 9.59 Å². The molecule has 2 N–H and O–H groups in total. The zero-order valence-corrected chi connectivity index (χ0v) is 17.3. The molecule has 0 unspecified atom stereocenters. The molecular formula is C23H25N3O4. The minimum Gasteiger partial charge on any atom is -0.493 e. The standard InChI is InChI=1S/C23H25N3O4/c1-26(2)11-12-30-20-10-9-17(15-21(20)29-3)14-19-23(28)24-18(22(27)25-19)13-16-7-5-4-6-8-16/h4-10,13-15H,11-12H2,1-3H3,(H,24,28)(H,25,27)/b18-13-,19-14-. The monoisotopic (exact) mass is 407 g/mol. The number of hydrogen-bond donors (Lipinski definition) is 2. The van der Waals surface area contributed by atoms with Crippen LogP contribution in [0.25, 0.3) is 12.2 Å². The molecule has 0 saturated heterocycles. The first-order valence-electron chi connectivity index (χ1n) is 9.53. The van der Waals surface area contributed by atoms with Crippen LogP contribution in [0.5, 0.6) is 11.5 Å². The van der Waals surface area contributed by atoms with E-state index in [1.807, 2.05) is 49.3 Å². The lowest BCUT2D eigenvalue weighted by Crippen LogP contribution is -2.46. The topological polar surface area (TPSA) is 87.4 Å². The van der Waals surface area contributed by atoms with Crippen molar-refractivity contribution < 1.29 is 9.47 Å². The molecule has 0 aliphatic rings. The summed E-state index contributed by atoms with van der Waals surface area (Å²) in [5.74, 6) is 1.17. The van der Waals surface area contributed by atoms with Crippen molar-refractivity contribution in [1.29, 1.82) is 0 Å². The Hall–Kier alpha value is -3.58. The van der Waals surface area contributed by atoms with Crippen LogP contribution in [0.3, 0.4) is 0 Å². The van der Waals surface area contributed by atoms with Crippen LogP contribution in [0.2, 0.25) is 0 Å². The number of rotatable bonds is 7. The fourth-order valence-corrected chi connectivity index (χ4v) is 2.81. The van der Waals surface area contributed by atoms with Crippen molar-refractivity contribution in [2.24, 2.45) is 0 Å². The van der Waals surface area contributed by atoms with Gasteiger partial charge in [0.05, 0.1) is 7.11 Å². The molecule has 0 atom stereocenters. The third-order valence-electron chi connectivity index (χ3n) is 4.39. The second-order valence-electron chi connectivity index (χ2n) is 7.00. The summed E-state index contributed by atoms with van der Waals surface area (Å²) in [4.78, 5) is 32.2. The van der Waals surface area contributed by atoms with Crippen molar-refractivity contribution in [3.05, 3.63) is 91.1 Å². The molecule has 0 radical (unpaired) electrons. The molecule has 1 aromatic heterocycles. The minimum absolute atomic E-state index is 0.161. The molecule has 3 aromatic rings. The summed E-state index contributed by atoms with van der Waals surface area (Å²) in [6.07, 6.45) is 3.23. The van der Waals surface area contributed by atoms with Gasteiger partial charge in [0.2, 0.25) is 0 Å². The Kier molecular flexibility index (Phi) is 6.87. The predicted octanol–water partition coefficient (Wildman–Crippen LogP) is 0.670. The van der Waals surface area contributed by atoms with Crippen LogP contribution >= 0.6 is 0 Å². The van der Waals surface area contributed by atoms with Gasteiger partial charge in [-0.25, -0.2) is 0 Å². The summed E-state index contributed by atoms with van der Waals surface area (Å²) in [6, 6.07) is 14.7. The number of benzene rings is 2. The van der Waals surface area contributed by atoms with Gasteiger partial charge in [-0.1, -0.05) is 36.4 Å². The van der Waals surface area contributed by atoms with E-state index in [1.54, 1.807) is 37.5 Å². The zero-order chi connectivity index (χ0) is 21.5. The van der Waals surface area contributed by atoms with E-state index in [2.05, 4.69) is 9.97 Å². The van der Waals surface area contributed by atoms with Gasteiger partial charge in [-0.05, 0) is 49.5 Å². The Balaban J connectivity index is 1.93. The molecule has 0 bridgehead atoms. The molecule has 0 aliphatic heterocycles. The van der Waals surface area contributed by atoms with Crippen molar-refractivity contribution in [3.63, 3.8) is 0 Å². The third kappa shape index (κ3) is 5.48. The average Bonchev–Trinajstić information content (AvgIpc) is 2.73. The molecule has 0 saturated carbocycles. The summed E-state index contributed by atoms with van der Waals surface area (Å²) in [5, 5.41) is 0.360. The van der Waals surface area contributed by atoms with E-state index in [1.165, 1.54) is 0 Å². The van der Waals surface area contributed by atoms with Crippen molar-refractivity contribution in [1.82, 2.24) is 14.9 Å². The van der Waals surface area contributed by atoms with Crippen molar-refractivity contribution >= 4 is 12.2 Å². The second-order valence-corrected chi connectivity index (χ2v) is 7.00. The molecule has 156 valence electrons. The first kappa shape index (κ1) is 21.1. The van der Waals surface area contributed by atoms with Crippen LogP contribution in [0, 0.1) is 0 Å². The summed E-state index contributed by atoms with van der Waals surface area (Å²) in [6.45, 7) is 1.30. The van der Waals surface area contributed by atoms with Crippen LogP contribution in [0.15, 0.2) is 58.1 Å². The smallest absolute Gasteiger partial charge is 0.272 e. The van der Waals surface area contributed by atoms with E-state index in [9.17, 15) is 9.59 Å². The summed E-state index contributed by atoms with van der Waals surface area (Å²) in [7, 11) is 5.50. The lowest BCUT2D eigenvalue weighted by atomic mass is 10.2. The summed E-state index contributed by atoms with van der Waals surface area (Å²) < 4.78 is 11.1. The lowest BCUT2D eigenvalue weighted by molar-refractivity contribution is 0.250. The molecule has 1 heterocycles. The third-order valence-corrected chi connectivity index (χ3v) is 4.39. The molecule has 2 aromatic carbocycles. The van der Waals surface area contributed by atoms with E-state index < -0.39 is 0 Å². The maximum Gasteiger partial charge on any atom is 0.272 e. The number of H-pyrrole nitrogens is 2. The minimum atomic E-state index is -0.387. The van der Waals surface area contributed by atoms with Gasteiger partial charge in [-0.15, -0.1) is 0 Å². The summed E-state index contributed by atoms with van der Waals surface area (Å²) >= 11 is 0. The number of nitrogens with one attached hydrogen (secondary N) is 2. The second kappa shape index (κ2) is 9.76. The van der Waals surface area contributed by atoms with Gasteiger partial charge in [0, 0.05) is 6.54 Å². The molecule has 0 spiro atoms. The number of hydrogen-bond acceptors (Lipinski definition) is 5. The first-order chi connectivity index (χ1) is 14.5. The maximum atomic E-state index is 12.5. The molecule has 0 fully saturated rings. The molecule has 3 rings (SSSR count). The zero-order valence-electron chi connectivity index (χ0n) is 17.3.